The molecule has 4 N–H and O–H groups in total. The van der Waals surface area contributed by atoms with Crippen LogP contribution in [0.3, 0.4) is 0 Å². The van der Waals surface area contributed by atoms with E-state index in [4.69, 9.17) is 10.5 Å². The van der Waals surface area contributed by atoms with Crippen LogP contribution in [0.2, 0.25) is 0 Å². The Hall–Kier alpha value is -1.89. The largest absolute Gasteiger partial charge is 0.480 e. The van der Waals surface area contributed by atoms with Crippen LogP contribution in [0.4, 0.5) is 0 Å². The number of carbonyl (C=O) groups excluding carboxylic acids is 2. The van der Waals surface area contributed by atoms with Crippen molar-refractivity contribution in [3.05, 3.63) is 12.2 Å². The van der Waals surface area contributed by atoms with Gasteiger partial charge >= 0.3 is 11.9 Å². The van der Waals surface area contributed by atoms with Crippen molar-refractivity contribution in [2.75, 3.05) is 6.54 Å². The van der Waals surface area contributed by atoms with Gasteiger partial charge in [0, 0.05) is 12.8 Å². The maximum atomic E-state index is 12.9. The van der Waals surface area contributed by atoms with E-state index in [9.17, 15) is 19.5 Å². The van der Waals surface area contributed by atoms with E-state index in [-0.39, 0.29) is 18.0 Å². The second kappa shape index (κ2) is 44.2. The van der Waals surface area contributed by atoms with Crippen molar-refractivity contribution in [2.45, 2.75) is 276 Å². The number of esters is 1. The predicted octanol–water partition coefficient (Wildman–Crippen LogP) is 14.2. The highest BCUT2D eigenvalue weighted by Crippen LogP contribution is 2.19. The number of carboxylic acid groups (broad SMARTS) is 1. The lowest BCUT2D eigenvalue weighted by Crippen LogP contribution is -2.40. The molecule has 2 atom stereocenters. The summed E-state index contributed by atoms with van der Waals surface area (Å²) in [5.74, 6) is -1.22. The predicted molar refractivity (Wildman–Crippen MR) is 239 cm³/mol. The van der Waals surface area contributed by atoms with E-state index in [1.54, 1.807) is 0 Å². The summed E-state index contributed by atoms with van der Waals surface area (Å²) >= 11 is 0. The fourth-order valence-corrected chi connectivity index (χ4v) is 7.62. The third-order valence-corrected chi connectivity index (χ3v) is 11.3. The van der Waals surface area contributed by atoms with Crippen LogP contribution in [-0.2, 0) is 19.1 Å². The first-order valence-corrected chi connectivity index (χ1v) is 24.5. The molecule has 0 radical (unpaired) electrons. The summed E-state index contributed by atoms with van der Waals surface area (Å²) in [6, 6.07) is -0.856. The third-order valence-electron chi connectivity index (χ3n) is 11.3. The van der Waals surface area contributed by atoms with Crippen molar-refractivity contribution in [3.8, 4) is 0 Å². The lowest BCUT2D eigenvalue weighted by atomic mass is 10.0. The zero-order chi connectivity index (χ0) is 41.0. The van der Waals surface area contributed by atoms with Crippen LogP contribution in [0.1, 0.15) is 264 Å². The van der Waals surface area contributed by atoms with Gasteiger partial charge in [0.2, 0.25) is 5.91 Å². The Morgan fingerprint density at radius 1 is 0.500 bits per heavy atom. The molecule has 0 aromatic heterocycles. The first-order chi connectivity index (χ1) is 27.4. The van der Waals surface area contributed by atoms with Crippen LogP contribution in [-0.4, -0.2) is 41.6 Å². The Morgan fingerprint density at radius 3 is 1.30 bits per heavy atom. The molecule has 0 saturated heterocycles. The highest BCUT2D eigenvalue weighted by molar-refractivity contribution is 5.83. The van der Waals surface area contributed by atoms with Gasteiger partial charge in [0.15, 0.2) is 0 Å². The van der Waals surface area contributed by atoms with E-state index in [1.165, 1.54) is 154 Å². The molecule has 330 valence electrons. The molecule has 2 unspecified atom stereocenters. The lowest BCUT2D eigenvalue weighted by Gasteiger charge is -2.18. The molecule has 1 amide bonds. The Labute approximate surface area is 347 Å². The molecule has 7 heteroatoms. The van der Waals surface area contributed by atoms with Gasteiger partial charge in [0.25, 0.3) is 0 Å². The van der Waals surface area contributed by atoms with Crippen molar-refractivity contribution >= 4 is 17.8 Å². The maximum Gasteiger partial charge on any atom is 0.326 e. The molecule has 0 heterocycles. The number of carbonyl (C=O) groups is 3. The van der Waals surface area contributed by atoms with Crippen LogP contribution in [0, 0.1) is 0 Å². The van der Waals surface area contributed by atoms with Crippen LogP contribution >= 0.6 is 0 Å². The van der Waals surface area contributed by atoms with Gasteiger partial charge in [0.1, 0.15) is 12.1 Å². The number of nitrogens with one attached hydrogen (secondary N) is 1. The van der Waals surface area contributed by atoms with Crippen LogP contribution in [0.15, 0.2) is 12.2 Å². The van der Waals surface area contributed by atoms with Gasteiger partial charge in [-0.3, -0.25) is 9.59 Å². The molecule has 7 nitrogen and oxygen atoms in total. The first kappa shape index (κ1) is 54.1. The summed E-state index contributed by atoms with van der Waals surface area (Å²) < 4.78 is 6.07. The molecule has 56 heavy (non-hydrogen) atoms. The second-order valence-electron chi connectivity index (χ2n) is 16.9. The summed E-state index contributed by atoms with van der Waals surface area (Å²) in [5, 5.41) is 12.0. The molecular weight excluding hydrogens is 697 g/mol. The minimum atomic E-state index is -1.00. The first-order valence-electron chi connectivity index (χ1n) is 24.5. The molecular formula is C49H94N2O5. The van der Waals surface area contributed by atoms with Gasteiger partial charge in [-0.1, -0.05) is 187 Å². The average molecular weight is 791 g/mol. The number of ether oxygens (including phenoxy) is 1. The highest BCUT2D eigenvalue weighted by Gasteiger charge is 2.19. The summed E-state index contributed by atoms with van der Waals surface area (Å²) in [6.45, 7) is 4.97. The molecule has 0 bridgehead atoms. The molecule has 0 aliphatic heterocycles. The Morgan fingerprint density at radius 2 is 0.875 bits per heavy atom. The fourth-order valence-electron chi connectivity index (χ4n) is 7.62. The minimum Gasteiger partial charge on any atom is -0.480 e. The summed E-state index contributed by atoms with van der Waals surface area (Å²) in [6.07, 6.45) is 49.8. The molecule has 0 rings (SSSR count). The number of rotatable bonds is 45. The third kappa shape index (κ3) is 40.3. The van der Waals surface area contributed by atoms with E-state index >= 15 is 0 Å². The van der Waals surface area contributed by atoms with Crippen LogP contribution in [0.5, 0.6) is 0 Å². The lowest BCUT2D eigenvalue weighted by molar-refractivity contribution is -0.150. The molecule has 0 saturated carbocycles. The van der Waals surface area contributed by atoms with E-state index in [0.717, 1.165) is 70.6 Å². The van der Waals surface area contributed by atoms with Gasteiger partial charge in [-0.25, -0.2) is 4.79 Å². The minimum absolute atomic E-state index is 0.00334. The van der Waals surface area contributed by atoms with E-state index in [0.29, 0.717) is 32.2 Å². The number of amides is 1. The number of aliphatic carboxylic acids is 1. The number of allylic oxidation sites excluding steroid dienone is 2. The Bertz CT molecular complexity index is 894. The van der Waals surface area contributed by atoms with Crippen molar-refractivity contribution < 1.29 is 24.2 Å². The molecule has 0 aliphatic rings. The van der Waals surface area contributed by atoms with Crippen molar-refractivity contribution in [3.63, 3.8) is 0 Å². The van der Waals surface area contributed by atoms with Gasteiger partial charge in [-0.05, 0) is 83.6 Å². The van der Waals surface area contributed by atoms with Gasteiger partial charge in [-0.15, -0.1) is 0 Å². The molecule has 0 spiro atoms. The zero-order valence-electron chi connectivity index (χ0n) is 37.3. The maximum absolute atomic E-state index is 12.9. The topological polar surface area (TPSA) is 119 Å². The van der Waals surface area contributed by atoms with E-state index < -0.39 is 12.0 Å². The van der Waals surface area contributed by atoms with Crippen molar-refractivity contribution in [1.82, 2.24) is 5.32 Å². The number of hydrogen-bond donors (Lipinski definition) is 3. The van der Waals surface area contributed by atoms with Crippen LogP contribution < -0.4 is 11.1 Å². The van der Waals surface area contributed by atoms with Gasteiger partial charge in [-0.2, -0.15) is 0 Å². The van der Waals surface area contributed by atoms with Gasteiger partial charge < -0.3 is 20.9 Å². The second-order valence-corrected chi connectivity index (χ2v) is 16.9. The number of unbranched alkanes of at least 4 members (excludes halogenated alkanes) is 29. The van der Waals surface area contributed by atoms with Gasteiger partial charge in [0.05, 0.1) is 0 Å². The normalized spacial score (nSPS) is 12.6. The zero-order valence-corrected chi connectivity index (χ0v) is 37.3. The summed E-state index contributed by atoms with van der Waals surface area (Å²) in [4.78, 5) is 36.5. The van der Waals surface area contributed by atoms with E-state index in [1.807, 2.05) is 0 Å². The van der Waals surface area contributed by atoms with E-state index in [2.05, 4.69) is 31.3 Å². The smallest absolute Gasteiger partial charge is 0.326 e. The number of carboxylic acids is 1. The number of hydrogen-bond acceptors (Lipinski definition) is 5. The summed E-state index contributed by atoms with van der Waals surface area (Å²) in [7, 11) is 0. The SMILES string of the molecule is CCCCCCCCCC/C=C\CCCCCC(CCCCCCCC(=O)NC(CCCN)C(=O)O)OC(=O)CCCCCCCCCCCCCCCCC. The monoisotopic (exact) mass is 791 g/mol. The number of nitrogens with two attached hydrogens (primary N) is 1. The highest BCUT2D eigenvalue weighted by atomic mass is 16.5. The molecule has 0 aromatic rings. The molecule has 0 aliphatic carbocycles. The Kier molecular flexibility index (Phi) is 42.7. The van der Waals surface area contributed by atoms with Crippen molar-refractivity contribution in [1.29, 1.82) is 0 Å². The fraction of sp³-hybridized carbons (Fsp3) is 0.898. The Balaban J connectivity index is 4.31. The molecule has 0 fully saturated rings. The summed E-state index contributed by atoms with van der Waals surface area (Å²) in [5.41, 5.74) is 5.50. The quantitative estimate of drug-likeness (QED) is 0.0321. The van der Waals surface area contributed by atoms with Crippen LogP contribution in [0.25, 0.3) is 0 Å². The average Bonchev–Trinajstić information content (AvgIpc) is 3.18. The van der Waals surface area contributed by atoms with Crippen molar-refractivity contribution in [2.24, 2.45) is 5.73 Å². The molecule has 0 aromatic carbocycles. The standard InChI is InChI=1S/C49H94N2O5/c1-3-5-7-9-11-13-15-17-19-21-23-25-27-30-34-39-45(40-35-31-29-32-36-42-47(52)51-46(49(54)55)41-38-44-50)56-48(53)43-37-33-28-26-24-22-20-18-16-14-12-10-8-6-4-2/h21,23,45-46H,3-20,22,24-44,50H2,1-2H3,(H,51,52)(H,54,55)/b23-21-.